The fourth-order valence-electron chi connectivity index (χ4n) is 1.52. The van der Waals surface area contributed by atoms with Gasteiger partial charge in [-0.05, 0) is 17.7 Å². The van der Waals surface area contributed by atoms with E-state index in [2.05, 4.69) is 20.7 Å². The third kappa shape index (κ3) is 4.04. The van der Waals surface area contributed by atoms with Gasteiger partial charge in [-0.1, -0.05) is 58.0 Å². The van der Waals surface area contributed by atoms with Crippen LogP contribution in [0.5, 0.6) is 0 Å². The van der Waals surface area contributed by atoms with Gasteiger partial charge < -0.3 is 4.72 Å². The van der Waals surface area contributed by atoms with E-state index in [0.29, 0.717) is 10.0 Å². The molecule has 0 amide bonds. The van der Waals surface area contributed by atoms with E-state index in [1.807, 2.05) is 0 Å². The fraction of sp³-hybridized carbons (Fsp3) is 0.0769. The summed E-state index contributed by atoms with van der Waals surface area (Å²) in [7, 11) is -3.75. The van der Waals surface area contributed by atoms with Gasteiger partial charge in [0.15, 0.2) is 0 Å². The van der Waals surface area contributed by atoms with E-state index >= 15 is 0 Å². The van der Waals surface area contributed by atoms with Crippen LogP contribution in [0, 0.1) is 5.82 Å². The SMILES string of the molecule is O=S(=O)(Cc1ccccc1)[N-]c1ccc(Br)cc1F. The van der Waals surface area contributed by atoms with Gasteiger partial charge in [0.25, 0.3) is 0 Å². The van der Waals surface area contributed by atoms with Crippen molar-refractivity contribution in [3.8, 4) is 0 Å². The van der Waals surface area contributed by atoms with Crippen molar-refractivity contribution in [1.29, 1.82) is 0 Å². The van der Waals surface area contributed by atoms with Crippen LogP contribution in [0.1, 0.15) is 5.56 Å². The fourth-order valence-corrected chi connectivity index (χ4v) is 2.98. The lowest BCUT2D eigenvalue weighted by Gasteiger charge is -2.22. The highest BCUT2D eigenvalue weighted by Crippen LogP contribution is 2.29. The molecular formula is C13H10BrFNO2S-. The zero-order chi connectivity index (χ0) is 13.9. The maximum absolute atomic E-state index is 13.5. The van der Waals surface area contributed by atoms with Crippen LogP contribution in [0.25, 0.3) is 4.72 Å². The third-order valence-electron chi connectivity index (χ3n) is 2.34. The normalized spacial score (nSPS) is 11.3. The highest BCUT2D eigenvalue weighted by atomic mass is 79.9. The summed E-state index contributed by atoms with van der Waals surface area (Å²) < 4.78 is 41.3. The molecule has 100 valence electrons. The van der Waals surface area contributed by atoms with Crippen molar-refractivity contribution in [3.05, 3.63) is 69.1 Å². The molecule has 2 aromatic rings. The van der Waals surface area contributed by atoms with Gasteiger partial charge >= 0.3 is 0 Å². The molecule has 0 aliphatic rings. The van der Waals surface area contributed by atoms with Crippen molar-refractivity contribution < 1.29 is 12.8 Å². The van der Waals surface area contributed by atoms with Gasteiger partial charge in [-0.25, -0.2) is 12.8 Å². The molecule has 0 atom stereocenters. The van der Waals surface area contributed by atoms with Crippen molar-refractivity contribution in [2.45, 2.75) is 5.75 Å². The number of hydrogen-bond donors (Lipinski definition) is 0. The minimum Gasteiger partial charge on any atom is -0.574 e. The molecule has 2 aromatic carbocycles. The van der Waals surface area contributed by atoms with E-state index in [0.717, 1.165) is 0 Å². The number of hydrogen-bond acceptors (Lipinski definition) is 2. The van der Waals surface area contributed by atoms with E-state index in [4.69, 9.17) is 0 Å². The Balaban J connectivity index is 2.17. The molecule has 0 bridgehead atoms. The largest absolute Gasteiger partial charge is 0.574 e. The number of halogens is 2. The Bertz CT molecular complexity index is 674. The van der Waals surface area contributed by atoms with Crippen molar-refractivity contribution in [1.82, 2.24) is 0 Å². The predicted molar refractivity (Wildman–Crippen MR) is 76.2 cm³/mol. The van der Waals surface area contributed by atoms with Crippen LogP contribution in [0.4, 0.5) is 10.1 Å². The average Bonchev–Trinajstić information content (AvgIpc) is 2.33. The molecule has 2 rings (SSSR count). The van der Waals surface area contributed by atoms with Gasteiger partial charge in [0.05, 0.1) is 15.8 Å². The average molecular weight is 343 g/mol. The molecule has 0 fully saturated rings. The van der Waals surface area contributed by atoms with Crippen LogP contribution >= 0.6 is 15.9 Å². The molecule has 0 heterocycles. The van der Waals surface area contributed by atoms with Crippen molar-refractivity contribution in [2.75, 3.05) is 0 Å². The highest BCUT2D eigenvalue weighted by molar-refractivity contribution is 9.10. The van der Waals surface area contributed by atoms with Crippen LogP contribution < -0.4 is 0 Å². The first kappa shape index (κ1) is 14.0. The number of sulfonamides is 1. The lowest BCUT2D eigenvalue weighted by molar-refractivity contribution is 0.600. The monoisotopic (exact) mass is 342 g/mol. The molecule has 0 aliphatic heterocycles. The Morgan fingerprint density at radius 3 is 2.42 bits per heavy atom. The number of rotatable bonds is 4. The first-order valence-corrected chi connectivity index (χ1v) is 7.81. The summed E-state index contributed by atoms with van der Waals surface area (Å²) >= 11 is 3.10. The lowest BCUT2D eigenvalue weighted by atomic mass is 10.2. The molecule has 0 N–H and O–H groups in total. The zero-order valence-corrected chi connectivity index (χ0v) is 12.2. The van der Waals surface area contributed by atoms with Gasteiger partial charge in [-0.15, -0.1) is 0 Å². The predicted octanol–water partition coefficient (Wildman–Crippen LogP) is 4.12. The van der Waals surface area contributed by atoms with Gasteiger partial charge in [0, 0.05) is 4.47 Å². The van der Waals surface area contributed by atoms with Crippen molar-refractivity contribution in [3.63, 3.8) is 0 Å². The summed E-state index contributed by atoms with van der Waals surface area (Å²) in [5.41, 5.74) is 0.433. The summed E-state index contributed by atoms with van der Waals surface area (Å²) in [6, 6.07) is 12.7. The Morgan fingerprint density at radius 2 is 1.79 bits per heavy atom. The summed E-state index contributed by atoms with van der Waals surface area (Å²) in [5.74, 6) is -0.922. The molecule has 0 saturated carbocycles. The van der Waals surface area contributed by atoms with Gasteiger partial charge in [0.1, 0.15) is 5.82 Å². The van der Waals surface area contributed by atoms with Crippen LogP contribution in [-0.4, -0.2) is 8.42 Å². The summed E-state index contributed by atoms with van der Waals surface area (Å²) in [6.07, 6.45) is 0. The Morgan fingerprint density at radius 1 is 1.11 bits per heavy atom. The zero-order valence-electron chi connectivity index (χ0n) is 9.75. The van der Waals surface area contributed by atoms with E-state index in [9.17, 15) is 12.8 Å². The van der Waals surface area contributed by atoms with Crippen molar-refractivity contribution >= 4 is 31.6 Å². The first-order valence-electron chi connectivity index (χ1n) is 5.41. The summed E-state index contributed by atoms with van der Waals surface area (Å²) in [5, 5.41) is 0. The van der Waals surface area contributed by atoms with E-state index in [-0.39, 0.29) is 11.4 Å². The lowest BCUT2D eigenvalue weighted by Crippen LogP contribution is -2.01. The molecular weight excluding hydrogens is 333 g/mol. The van der Waals surface area contributed by atoms with E-state index in [1.165, 1.54) is 12.1 Å². The maximum Gasteiger partial charge on any atom is 0.110 e. The Hall–Kier alpha value is -1.40. The molecule has 0 saturated heterocycles. The number of nitrogens with zero attached hydrogens (tertiary/aromatic N) is 1. The van der Waals surface area contributed by atoms with Crippen molar-refractivity contribution in [2.24, 2.45) is 0 Å². The molecule has 0 spiro atoms. The first-order chi connectivity index (χ1) is 8.96. The highest BCUT2D eigenvalue weighted by Gasteiger charge is 2.04. The van der Waals surface area contributed by atoms with Crippen LogP contribution in [0.15, 0.2) is 53.0 Å². The van der Waals surface area contributed by atoms with Gasteiger partial charge in [-0.3, -0.25) is 0 Å². The minimum absolute atomic E-state index is 0.181. The van der Waals surface area contributed by atoms with E-state index < -0.39 is 15.8 Å². The third-order valence-corrected chi connectivity index (χ3v) is 4.01. The Labute approximate surface area is 119 Å². The van der Waals surface area contributed by atoms with Gasteiger partial charge in [-0.2, -0.15) is 0 Å². The molecule has 6 heteroatoms. The molecule has 0 aromatic heterocycles. The van der Waals surface area contributed by atoms with E-state index in [1.54, 1.807) is 36.4 Å². The molecule has 19 heavy (non-hydrogen) atoms. The molecule has 3 nitrogen and oxygen atoms in total. The summed E-state index contributed by atoms with van der Waals surface area (Å²) in [6.45, 7) is 0. The van der Waals surface area contributed by atoms with Crippen LogP contribution in [-0.2, 0) is 15.8 Å². The smallest absolute Gasteiger partial charge is 0.110 e. The second kappa shape index (κ2) is 5.71. The molecule has 0 unspecified atom stereocenters. The number of benzene rings is 2. The molecule has 0 aliphatic carbocycles. The minimum atomic E-state index is -3.75. The Kier molecular flexibility index (Phi) is 4.21. The molecule has 0 radical (unpaired) electrons. The second-order valence-electron chi connectivity index (χ2n) is 3.90. The maximum atomic E-state index is 13.5. The van der Waals surface area contributed by atoms with Crippen LogP contribution in [0.3, 0.4) is 0 Å². The standard InChI is InChI=1S/C13H10BrFNO2S/c14-11-6-7-13(12(15)8-11)16-19(17,18)9-10-4-2-1-3-5-10/h1-8H,9H2/q-1. The topological polar surface area (TPSA) is 48.2 Å². The quantitative estimate of drug-likeness (QED) is 0.838. The second-order valence-corrected chi connectivity index (χ2v) is 6.45. The summed E-state index contributed by atoms with van der Waals surface area (Å²) in [4.78, 5) is 0. The van der Waals surface area contributed by atoms with Gasteiger partial charge in [0.2, 0.25) is 0 Å². The van der Waals surface area contributed by atoms with Crippen LogP contribution in [0.2, 0.25) is 0 Å².